The van der Waals surface area contributed by atoms with Gasteiger partial charge in [0.15, 0.2) is 0 Å². The van der Waals surface area contributed by atoms with E-state index < -0.39 is 5.54 Å². The summed E-state index contributed by atoms with van der Waals surface area (Å²) in [6.45, 7) is 8.13. The van der Waals surface area contributed by atoms with Crippen molar-refractivity contribution in [3.63, 3.8) is 0 Å². The Hall–Kier alpha value is -1.55. The number of hydrogen-bond acceptors (Lipinski definition) is 4. The van der Waals surface area contributed by atoms with E-state index in [4.69, 9.17) is 9.47 Å². The van der Waals surface area contributed by atoms with Gasteiger partial charge in [-0.3, -0.25) is 5.32 Å². The number of methoxy groups -OCH3 is 1. The monoisotopic (exact) mass is 279 g/mol. The summed E-state index contributed by atoms with van der Waals surface area (Å²) in [6, 6.07) is 7.72. The predicted octanol–water partition coefficient (Wildman–Crippen LogP) is 2.86. The van der Waals surface area contributed by atoms with Gasteiger partial charge in [-0.25, -0.2) is 4.79 Å². The van der Waals surface area contributed by atoms with E-state index in [1.165, 1.54) is 0 Å². The van der Waals surface area contributed by atoms with Gasteiger partial charge in [0.25, 0.3) is 0 Å². The molecule has 4 nitrogen and oxygen atoms in total. The first-order valence-corrected chi connectivity index (χ1v) is 7.08. The molecule has 1 aromatic carbocycles. The van der Waals surface area contributed by atoms with Crippen LogP contribution < -0.4 is 10.1 Å². The SMILES string of the molecule is CCOC(=O)C(C)(NC(C)CC)c1ccccc1OC. The number of ether oxygens (including phenoxy) is 2. The van der Waals surface area contributed by atoms with E-state index in [1.54, 1.807) is 7.11 Å². The molecule has 2 atom stereocenters. The largest absolute Gasteiger partial charge is 0.496 e. The third-order valence-corrected chi connectivity index (χ3v) is 3.48. The van der Waals surface area contributed by atoms with E-state index in [0.717, 1.165) is 12.0 Å². The maximum Gasteiger partial charge on any atom is 0.330 e. The molecule has 0 heterocycles. The zero-order valence-corrected chi connectivity index (χ0v) is 13.0. The van der Waals surface area contributed by atoms with Crippen molar-refractivity contribution < 1.29 is 14.3 Å². The van der Waals surface area contributed by atoms with Crippen LogP contribution in [-0.4, -0.2) is 25.7 Å². The number of nitrogens with one attached hydrogen (secondary N) is 1. The fourth-order valence-electron chi connectivity index (χ4n) is 2.17. The molecule has 4 heteroatoms. The average Bonchev–Trinajstić information content (AvgIpc) is 2.47. The van der Waals surface area contributed by atoms with Crippen molar-refractivity contribution in [2.24, 2.45) is 0 Å². The highest BCUT2D eigenvalue weighted by Crippen LogP contribution is 2.31. The van der Waals surface area contributed by atoms with Crippen molar-refractivity contribution in [2.75, 3.05) is 13.7 Å². The van der Waals surface area contributed by atoms with Crippen LogP contribution >= 0.6 is 0 Å². The van der Waals surface area contributed by atoms with Gasteiger partial charge in [-0.05, 0) is 33.3 Å². The normalized spacial score (nSPS) is 15.2. The van der Waals surface area contributed by atoms with Gasteiger partial charge in [0.2, 0.25) is 0 Å². The lowest BCUT2D eigenvalue weighted by Gasteiger charge is -2.33. The van der Waals surface area contributed by atoms with Gasteiger partial charge in [-0.2, -0.15) is 0 Å². The highest BCUT2D eigenvalue weighted by Gasteiger charge is 2.39. The molecule has 20 heavy (non-hydrogen) atoms. The standard InChI is InChI=1S/C16H25NO3/c1-6-12(3)17-16(4,15(18)20-7-2)13-10-8-9-11-14(13)19-5/h8-12,17H,6-7H2,1-5H3. The van der Waals surface area contributed by atoms with Crippen LogP contribution in [0.5, 0.6) is 5.75 Å². The molecule has 0 aromatic heterocycles. The third kappa shape index (κ3) is 3.51. The van der Waals surface area contributed by atoms with Crippen molar-refractivity contribution in [3.05, 3.63) is 29.8 Å². The summed E-state index contributed by atoms with van der Waals surface area (Å²) in [6.07, 6.45) is 0.921. The zero-order valence-electron chi connectivity index (χ0n) is 13.0. The summed E-state index contributed by atoms with van der Waals surface area (Å²) < 4.78 is 10.6. The van der Waals surface area contributed by atoms with Gasteiger partial charge in [0, 0.05) is 11.6 Å². The van der Waals surface area contributed by atoms with Crippen LogP contribution in [-0.2, 0) is 15.1 Å². The minimum Gasteiger partial charge on any atom is -0.496 e. The Bertz CT molecular complexity index is 447. The minimum atomic E-state index is -0.919. The van der Waals surface area contributed by atoms with Gasteiger partial charge in [-0.1, -0.05) is 25.1 Å². The van der Waals surface area contributed by atoms with Crippen molar-refractivity contribution in [1.29, 1.82) is 0 Å². The van der Waals surface area contributed by atoms with E-state index in [1.807, 2.05) is 45.0 Å². The fraction of sp³-hybridized carbons (Fsp3) is 0.562. The summed E-state index contributed by atoms with van der Waals surface area (Å²) >= 11 is 0. The summed E-state index contributed by atoms with van der Waals surface area (Å²) in [5.74, 6) is 0.392. The van der Waals surface area contributed by atoms with Crippen LogP contribution in [0.3, 0.4) is 0 Å². The molecule has 0 saturated heterocycles. The molecule has 112 valence electrons. The molecule has 0 radical (unpaired) electrons. The second-order valence-corrected chi connectivity index (χ2v) is 5.00. The van der Waals surface area contributed by atoms with E-state index in [-0.39, 0.29) is 12.0 Å². The summed E-state index contributed by atoms with van der Waals surface area (Å²) in [5.41, 5.74) is -0.126. The van der Waals surface area contributed by atoms with E-state index in [0.29, 0.717) is 12.4 Å². The maximum absolute atomic E-state index is 12.4. The van der Waals surface area contributed by atoms with Crippen molar-refractivity contribution in [3.8, 4) is 5.75 Å². The molecule has 2 unspecified atom stereocenters. The Morgan fingerprint density at radius 1 is 1.35 bits per heavy atom. The molecule has 0 aliphatic rings. The second kappa shape index (κ2) is 7.29. The number of para-hydroxylation sites is 1. The van der Waals surface area contributed by atoms with Gasteiger partial charge < -0.3 is 9.47 Å². The number of benzene rings is 1. The van der Waals surface area contributed by atoms with E-state index in [2.05, 4.69) is 12.2 Å². The number of rotatable bonds is 7. The lowest BCUT2D eigenvalue weighted by atomic mass is 9.90. The van der Waals surface area contributed by atoms with Crippen LogP contribution in [0.4, 0.5) is 0 Å². The topological polar surface area (TPSA) is 47.6 Å². The number of carbonyl (C=O) groups excluding carboxylic acids is 1. The van der Waals surface area contributed by atoms with Gasteiger partial charge in [-0.15, -0.1) is 0 Å². The Kier molecular flexibility index (Phi) is 6.02. The first-order chi connectivity index (χ1) is 9.49. The molecular weight excluding hydrogens is 254 g/mol. The molecular formula is C16H25NO3. The average molecular weight is 279 g/mol. The molecule has 0 fully saturated rings. The highest BCUT2D eigenvalue weighted by molar-refractivity contribution is 5.83. The molecule has 0 amide bonds. The van der Waals surface area contributed by atoms with Gasteiger partial charge >= 0.3 is 5.97 Å². The molecule has 0 saturated carbocycles. The van der Waals surface area contributed by atoms with Gasteiger partial charge in [0.1, 0.15) is 11.3 Å². The first kappa shape index (κ1) is 16.5. The smallest absolute Gasteiger partial charge is 0.330 e. The van der Waals surface area contributed by atoms with Crippen LogP contribution in [0.25, 0.3) is 0 Å². The van der Waals surface area contributed by atoms with Crippen molar-refractivity contribution >= 4 is 5.97 Å². The Labute approximate surface area is 121 Å². The minimum absolute atomic E-state index is 0.189. The molecule has 0 spiro atoms. The first-order valence-electron chi connectivity index (χ1n) is 7.08. The van der Waals surface area contributed by atoms with Crippen molar-refractivity contribution in [2.45, 2.75) is 45.7 Å². The summed E-state index contributed by atoms with van der Waals surface area (Å²) in [5, 5.41) is 3.36. The molecule has 1 N–H and O–H groups in total. The Morgan fingerprint density at radius 2 is 2.00 bits per heavy atom. The number of esters is 1. The van der Waals surface area contributed by atoms with Gasteiger partial charge in [0.05, 0.1) is 13.7 Å². The molecule has 0 aliphatic carbocycles. The lowest BCUT2D eigenvalue weighted by Crippen LogP contribution is -2.51. The van der Waals surface area contributed by atoms with Crippen LogP contribution in [0.1, 0.15) is 39.7 Å². The highest BCUT2D eigenvalue weighted by atomic mass is 16.5. The fourth-order valence-corrected chi connectivity index (χ4v) is 2.17. The quantitative estimate of drug-likeness (QED) is 0.780. The van der Waals surface area contributed by atoms with Crippen molar-refractivity contribution in [1.82, 2.24) is 5.32 Å². The number of hydrogen-bond donors (Lipinski definition) is 1. The Morgan fingerprint density at radius 3 is 2.55 bits per heavy atom. The zero-order chi connectivity index (χ0) is 15.2. The predicted molar refractivity (Wildman–Crippen MR) is 79.9 cm³/mol. The third-order valence-electron chi connectivity index (χ3n) is 3.48. The molecule has 1 rings (SSSR count). The van der Waals surface area contributed by atoms with Crippen LogP contribution in [0.15, 0.2) is 24.3 Å². The summed E-state index contributed by atoms with van der Waals surface area (Å²) in [4.78, 5) is 12.4. The van der Waals surface area contributed by atoms with Crippen LogP contribution in [0, 0.1) is 0 Å². The van der Waals surface area contributed by atoms with E-state index in [9.17, 15) is 4.79 Å². The summed E-state index contributed by atoms with van der Waals surface area (Å²) in [7, 11) is 1.60. The Balaban J connectivity index is 3.25. The maximum atomic E-state index is 12.4. The number of carbonyl (C=O) groups is 1. The molecule has 0 aliphatic heterocycles. The van der Waals surface area contributed by atoms with E-state index >= 15 is 0 Å². The molecule has 0 bridgehead atoms. The lowest BCUT2D eigenvalue weighted by molar-refractivity contribution is -0.151. The molecule has 1 aromatic rings. The second-order valence-electron chi connectivity index (χ2n) is 5.00. The van der Waals surface area contributed by atoms with Crippen LogP contribution in [0.2, 0.25) is 0 Å².